The highest BCUT2D eigenvalue weighted by Crippen LogP contribution is 2.53. The summed E-state index contributed by atoms with van der Waals surface area (Å²) in [7, 11) is 0. The number of halogens is 1. The van der Waals surface area contributed by atoms with Crippen LogP contribution in [-0.2, 0) is 9.59 Å². The summed E-state index contributed by atoms with van der Waals surface area (Å²) in [5.41, 5.74) is 2.22. The van der Waals surface area contributed by atoms with E-state index in [0.717, 1.165) is 16.0 Å². The predicted octanol–water partition coefficient (Wildman–Crippen LogP) is 4.29. The van der Waals surface area contributed by atoms with Gasteiger partial charge in [-0.2, -0.15) is 0 Å². The average molecular weight is 444 g/mol. The van der Waals surface area contributed by atoms with Crippen molar-refractivity contribution in [3.8, 4) is 0 Å². The summed E-state index contributed by atoms with van der Waals surface area (Å²) in [5, 5.41) is 1.82. The number of rotatable bonds is 3. The van der Waals surface area contributed by atoms with Crippen LogP contribution in [0, 0.1) is 17.7 Å². The lowest BCUT2D eigenvalue weighted by Crippen LogP contribution is -2.44. The van der Waals surface area contributed by atoms with Gasteiger partial charge in [-0.3, -0.25) is 14.4 Å². The van der Waals surface area contributed by atoms with Gasteiger partial charge in [-0.05, 0) is 52.9 Å². The number of ketones is 1. The highest BCUT2D eigenvalue weighted by molar-refractivity contribution is 7.12. The van der Waals surface area contributed by atoms with Crippen molar-refractivity contribution in [3.05, 3.63) is 94.1 Å². The fraction of sp³-hybridized carbons (Fsp3) is 0.160. The molecule has 7 heteroatoms. The Morgan fingerprint density at radius 1 is 0.906 bits per heavy atom. The first-order valence-electron chi connectivity index (χ1n) is 10.3. The molecule has 4 heterocycles. The van der Waals surface area contributed by atoms with Gasteiger partial charge in [0.2, 0.25) is 11.8 Å². The van der Waals surface area contributed by atoms with Crippen LogP contribution < -0.4 is 4.90 Å². The lowest BCUT2D eigenvalue weighted by molar-refractivity contribution is -0.123. The molecule has 32 heavy (non-hydrogen) atoms. The van der Waals surface area contributed by atoms with Gasteiger partial charge in [0.05, 0.1) is 28.4 Å². The maximum absolute atomic E-state index is 13.7. The van der Waals surface area contributed by atoms with E-state index in [2.05, 4.69) is 0 Å². The molecule has 0 spiro atoms. The average Bonchev–Trinajstić information content (AvgIpc) is 3.51. The SMILES string of the molecule is O=C(c1cccs1)C1C2C(=O)N(c3ccc(F)cc3)C(=O)C2C2c3ccccc3C=CN12. The lowest BCUT2D eigenvalue weighted by Gasteiger charge is -2.35. The smallest absolute Gasteiger partial charge is 0.240 e. The number of hydrogen-bond donors (Lipinski definition) is 0. The molecule has 158 valence electrons. The summed E-state index contributed by atoms with van der Waals surface area (Å²) < 4.78 is 13.5. The molecule has 2 amide bonds. The Morgan fingerprint density at radius 2 is 1.66 bits per heavy atom. The maximum atomic E-state index is 13.7. The third kappa shape index (κ3) is 2.58. The van der Waals surface area contributed by atoms with Crippen LogP contribution in [0.15, 0.2) is 72.2 Å². The van der Waals surface area contributed by atoms with Crippen LogP contribution >= 0.6 is 11.3 Å². The first-order valence-corrected chi connectivity index (χ1v) is 11.2. The number of carbonyl (C=O) groups excluding carboxylic acids is 3. The van der Waals surface area contributed by atoms with Crippen LogP contribution in [0.5, 0.6) is 0 Å². The topological polar surface area (TPSA) is 57.7 Å². The number of hydrogen-bond acceptors (Lipinski definition) is 5. The van der Waals surface area contributed by atoms with Crippen molar-refractivity contribution >= 4 is 40.7 Å². The minimum Gasteiger partial charge on any atom is -0.358 e. The van der Waals surface area contributed by atoms with Gasteiger partial charge < -0.3 is 4.90 Å². The van der Waals surface area contributed by atoms with Gasteiger partial charge in [-0.1, -0.05) is 30.3 Å². The van der Waals surface area contributed by atoms with Crippen molar-refractivity contribution < 1.29 is 18.8 Å². The highest BCUT2D eigenvalue weighted by atomic mass is 32.1. The quantitative estimate of drug-likeness (QED) is 0.447. The molecule has 3 aliphatic heterocycles. The fourth-order valence-corrected chi connectivity index (χ4v) is 5.96. The van der Waals surface area contributed by atoms with Gasteiger partial charge in [0.1, 0.15) is 11.9 Å². The summed E-state index contributed by atoms with van der Waals surface area (Å²) in [6.07, 6.45) is 3.76. The molecule has 2 fully saturated rings. The van der Waals surface area contributed by atoms with E-state index in [1.165, 1.54) is 35.6 Å². The monoisotopic (exact) mass is 444 g/mol. The van der Waals surface area contributed by atoms with Gasteiger partial charge in [0.25, 0.3) is 0 Å². The Balaban J connectivity index is 1.50. The third-order valence-electron chi connectivity index (χ3n) is 6.58. The molecule has 0 N–H and O–H groups in total. The molecule has 3 aliphatic rings. The van der Waals surface area contributed by atoms with Crippen molar-refractivity contribution in [2.45, 2.75) is 12.1 Å². The highest BCUT2D eigenvalue weighted by Gasteiger charge is 2.64. The summed E-state index contributed by atoms with van der Waals surface area (Å²) in [6.45, 7) is 0. The van der Waals surface area contributed by atoms with Crippen molar-refractivity contribution in [3.63, 3.8) is 0 Å². The Labute approximate surface area is 187 Å². The second-order valence-electron chi connectivity index (χ2n) is 8.16. The molecule has 0 aliphatic carbocycles. The van der Waals surface area contributed by atoms with Gasteiger partial charge in [-0.15, -0.1) is 11.3 Å². The van der Waals surface area contributed by atoms with Gasteiger partial charge in [0, 0.05) is 6.20 Å². The number of carbonyl (C=O) groups is 3. The van der Waals surface area contributed by atoms with Crippen molar-refractivity contribution in [2.75, 3.05) is 4.90 Å². The summed E-state index contributed by atoms with van der Waals surface area (Å²) in [5.74, 6) is -2.90. The van der Waals surface area contributed by atoms with Crippen LogP contribution in [-0.4, -0.2) is 28.5 Å². The molecule has 3 aromatic rings. The first-order chi connectivity index (χ1) is 15.6. The summed E-state index contributed by atoms with van der Waals surface area (Å²) in [6, 6.07) is 15.4. The molecule has 0 bridgehead atoms. The number of imide groups is 1. The van der Waals surface area contributed by atoms with Crippen LogP contribution in [0.3, 0.4) is 0 Å². The molecular weight excluding hydrogens is 427 g/mol. The van der Waals surface area contributed by atoms with E-state index in [-0.39, 0.29) is 11.7 Å². The molecular formula is C25H17FN2O3S. The van der Waals surface area contributed by atoms with E-state index >= 15 is 0 Å². The molecule has 2 saturated heterocycles. The molecule has 5 nitrogen and oxygen atoms in total. The van der Waals surface area contributed by atoms with Gasteiger partial charge in [0.15, 0.2) is 5.78 Å². The first kappa shape index (κ1) is 19.1. The Morgan fingerprint density at radius 3 is 2.41 bits per heavy atom. The molecule has 0 radical (unpaired) electrons. The van der Waals surface area contributed by atoms with Gasteiger partial charge >= 0.3 is 0 Å². The standard InChI is InChI=1S/C25H17FN2O3S/c26-15-7-9-16(10-8-15)28-24(30)19-20(25(28)31)22(23(29)18-6-3-13-32-18)27-12-11-14-4-1-2-5-17(14)21(19)27/h1-13,19-22H. The summed E-state index contributed by atoms with van der Waals surface area (Å²) in [4.78, 5) is 44.4. The molecule has 2 aromatic carbocycles. The van der Waals surface area contributed by atoms with Crippen molar-refractivity contribution in [2.24, 2.45) is 11.8 Å². The van der Waals surface area contributed by atoms with E-state index in [9.17, 15) is 18.8 Å². The molecule has 1 aromatic heterocycles. The van der Waals surface area contributed by atoms with Crippen LogP contribution in [0.4, 0.5) is 10.1 Å². The lowest BCUT2D eigenvalue weighted by atomic mass is 9.84. The number of benzene rings is 2. The third-order valence-corrected chi connectivity index (χ3v) is 7.46. The van der Waals surface area contributed by atoms with Crippen molar-refractivity contribution in [1.82, 2.24) is 4.90 Å². The zero-order valence-corrected chi connectivity index (χ0v) is 17.5. The molecule has 4 unspecified atom stereocenters. The zero-order chi connectivity index (χ0) is 22.0. The minimum atomic E-state index is -0.817. The predicted molar refractivity (Wildman–Crippen MR) is 118 cm³/mol. The number of amides is 2. The largest absolute Gasteiger partial charge is 0.358 e. The van der Waals surface area contributed by atoms with E-state index < -0.39 is 35.6 Å². The number of Topliss-reactive ketones (excluding diaryl/α,β-unsaturated/α-hetero) is 1. The normalized spacial score (nSPS) is 25.7. The van der Waals surface area contributed by atoms with Gasteiger partial charge in [-0.25, -0.2) is 9.29 Å². The number of fused-ring (bicyclic) bond motifs is 5. The molecule has 4 atom stereocenters. The van der Waals surface area contributed by atoms with Crippen LogP contribution in [0.25, 0.3) is 6.08 Å². The Bertz CT molecular complexity index is 1280. The second kappa shape index (κ2) is 6.97. The van der Waals surface area contributed by atoms with Crippen LogP contribution in [0.1, 0.15) is 26.8 Å². The second-order valence-corrected chi connectivity index (χ2v) is 9.11. The number of nitrogens with zero attached hydrogens (tertiary/aromatic N) is 2. The Hall–Kier alpha value is -3.58. The number of thiophene rings is 1. The number of anilines is 1. The van der Waals surface area contributed by atoms with E-state index in [1.54, 1.807) is 12.1 Å². The maximum Gasteiger partial charge on any atom is 0.240 e. The summed E-state index contributed by atoms with van der Waals surface area (Å²) >= 11 is 1.33. The van der Waals surface area contributed by atoms with Crippen LogP contribution in [0.2, 0.25) is 0 Å². The molecule has 6 rings (SSSR count). The van der Waals surface area contributed by atoms with E-state index in [1.807, 2.05) is 46.8 Å². The van der Waals surface area contributed by atoms with Crippen molar-refractivity contribution in [1.29, 1.82) is 0 Å². The molecule has 0 saturated carbocycles. The minimum absolute atomic E-state index is 0.163. The fourth-order valence-electron chi connectivity index (χ4n) is 5.27. The van der Waals surface area contributed by atoms with E-state index in [0.29, 0.717) is 10.6 Å². The zero-order valence-electron chi connectivity index (χ0n) is 16.7. The van der Waals surface area contributed by atoms with E-state index in [4.69, 9.17) is 0 Å². The Kier molecular flexibility index (Phi) is 4.16.